The lowest BCUT2D eigenvalue weighted by Gasteiger charge is -2.27. The molecule has 2 aliphatic rings. The van der Waals surface area contributed by atoms with Gasteiger partial charge in [0.2, 0.25) is 5.91 Å². The molecule has 2 aliphatic heterocycles. The molecule has 2 fully saturated rings. The van der Waals surface area contributed by atoms with E-state index in [-0.39, 0.29) is 30.3 Å². The Balaban J connectivity index is 0.00000256. The number of nitrogens with one attached hydrogen (secondary N) is 4. The highest BCUT2D eigenvalue weighted by Gasteiger charge is 2.41. The average molecular weight is 433 g/mol. The number of para-hydroxylation sites is 1. The van der Waals surface area contributed by atoms with E-state index in [9.17, 15) is 4.79 Å². The monoisotopic (exact) mass is 432 g/mol. The molecule has 3 atom stereocenters. The van der Waals surface area contributed by atoms with E-state index < -0.39 is 0 Å². The topological polar surface area (TPSA) is 83.7 Å². The summed E-state index contributed by atoms with van der Waals surface area (Å²) in [5.41, 5.74) is 9.07. The van der Waals surface area contributed by atoms with E-state index in [1.807, 2.05) is 49.4 Å². The summed E-state index contributed by atoms with van der Waals surface area (Å²) in [6, 6.07) is 13.6. The van der Waals surface area contributed by atoms with Crippen LogP contribution < -0.4 is 31.0 Å². The minimum atomic E-state index is -0.259. The summed E-state index contributed by atoms with van der Waals surface area (Å²) in [7, 11) is 1.65. The molecule has 7 nitrogen and oxygen atoms in total. The zero-order valence-electron chi connectivity index (χ0n) is 17.2. The zero-order chi connectivity index (χ0) is 20.2. The number of hydrogen-bond acceptors (Lipinski definition) is 6. The second-order valence-corrected chi connectivity index (χ2v) is 7.55. The lowest BCUT2D eigenvalue weighted by molar-refractivity contribution is -0.118. The maximum Gasteiger partial charge on any atom is 0.243 e. The van der Waals surface area contributed by atoms with E-state index in [1.165, 1.54) is 0 Å². The molecule has 2 saturated heterocycles. The molecule has 0 saturated carbocycles. The van der Waals surface area contributed by atoms with Crippen molar-refractivity contribution in [1.29, 1.82) is 0 Å². The molecule has 0 radical (unpaired) electrons. The molecule has 2 heterocycles. The van der Waals surface area contributed by atoms with Gasteiger partial charge in [0.05, 0.1) is 7.11 Å². The minimum Gasteiger partial charge on any atom is -0.496 e. The summed E-state index contributed by atoms with van der Waals surface area (Å²) in [5, 5.41) is 6.45. The van der Waals surface area contributed by atoms with Crippen LogP contribution in [0.25, 0.3) is 0 Å². The highest BCUT2D eigenvalue weighted by atomic mass is 35.5. The highest BCUT2D eigenvalue weighted by molar-refractivity contribution is 5.96. The standard InChI is InChI=1S/C22H28N4O3.ClH/c1-14-17(24-22(27)21-16-12-23-11-10-18(16)25-26-21)7-5-9-19(14)29-13-15-6-3-4-8-20(15)28-2;/h3-9,16,18,21,23,25-26H,10-13H2,1-2H3,(H,24,27);1H. The van der Waals surface area contributed by atoms with Gasteiger partial charge in [-0.3, -0.25) is 10.2 Å². The maximum absolute atomic E-state index is 12.9. The Kier molecular flexibility index (Phi) is 7.55. The summed E-state index contributed by atoms with van der Waals surface area (Å²) in [4.78, 5) is 12.9. The maximum atomic E-state index is 12.9. The van der Waals surface area contributed by atoms with Crippen LogP contribution in [-0.2, 0) is 11.4 Å². The number of rotatable bonds is 6. The van der Waals surface area contributed by atoms with Crippen LogP contribution in [0.2, 0.25) is 0 Å². The first kappa shape index (κ1) is 22.4. The van der Waals surface area contributed by atoms with Crippen LogP contribution in [0.3, 0.4) is 0 Å². The van der Waals surface area contributed by atoms with Crippen molar-refractivity contribution >= 4 is 24.0 Å². The van der Waals surface area contributed by atoms with Crippen molar-refractivity contribution in [2.24, 2.45) is 5.92 Å². The number of ether oxygens (including phenoxy) is 2. The predicted molar refractivity (Wildman–Crippen MR) is 119 cm³/mol. The minimum absolute atomic E-state index is 0. The van der Waals surface area contributed by atoms with Gasteiger partial charge < -0.3 is 20.1 Å². The lowest BCUT2D eigenvalue weighted by Crippen LogP contribution is -2.47. The van der Waals surface area contributed by atoms with E-state index in [0.717, 1.165) is 47.8 Å². The number of benzene rings is 2. The van der Waals surface area contributed by atoms with Crippen LogP contribution >= 0.6 is 12.4 Å². The molecular formula is C22H29ClN4O3. The fourth-order valence-corrected chi connectivity index (χ4v) is 4.07. The Hall–Kier alpha value is -2.32. The number of fused-ring (bicyclic) bond motifs is 1. The zero-order valence-corrected chi connectivity index (χ0v) is 18.1. The first-order valence-electron chi connectivity index (χ1n) is 10.0. The molecule has 0 aliphatic carbocycles. The van der Waals surface area contributed by atoms with Gasteiger partial charge in [0, 0.05) is 35.3 Å². The quantitative estimate of drug-likeness (QED) is 0.561. The van der Waals surface area contributed by atoms with Gasteiger partial charge in [-0.1, -0.05) is 24.3 Å². The molecule has 2 aromatic carbocycles. The first-order valence-corrected chi connectivity index (χ1v) is 10.0. The summed E-state index contributed by atoms with van der Waals surface area (Å²) in [6.07, 6.45) is 1.02. The van der Waals surface area contributed by atoms with Crippen molar-refractivity contribution < 1.29 is 14.3 Å². The van der Waals surface area contributed by atoms with Crippen LogP contribution in [-0.4, -0.2) is 38.2 Å². The summed E-state index contributed by atoms with van der Waals surface area (Å²) in [6.45, 7) is 4.17. The van der Waals surface area contributed by atoms with Crippen LogP contribution in [0.5, 0.6) is 11.5 Å². The first-order chi connectivity index (χ1) is 14.2. The fraction of sp³-hybridized carbons (Fsp3) is 0.409. The van der Waals surface area contributed by atoms with Crippen molar-refractivity contribution in [3.63, 3.8) is 0 Å². The van der Waals surface area contributed by atoms with Gasteiger partial charge in [-0.2, -0.15) is 0 Å². The number of halogens is 1. The summed E-state index contributed by atoms with van der Waals surface area (Å²) < 4.78 is 11.4. The van der Waals surface area contributed by atoms with E-state index >= 15 is 0 Å². The van der Waals surface area contributed by atoms with Gasteiger partial charge >= 0.3 is 0 Å². The number of carbonyl (C=O) groups excluding carboxylic acids is 1. The number of anilines is 1. The molecule has 0 bridgehead atoms. The number of piperidine rings is 1. The van der Waals surface area contributed by atoms with E-state index in [0.29, 0.717) is 12.6 Å². The van der Waals surface area contributed by atoms with Crippen LogP contribution in [0.15, 0.2) is 42.5 Å². The number of hydrazine groups is 1. The molecule has 30 heavy (non-hydrogen) atoms. The summed E-state index contributed by atoms with van der Waals surface area (Å²) in [5.74, 6) is 1.75. The van der Waals surface area contributed by atoms with E-state index in [2.05, 4.69) is 21.5 Å². The molecule has 0 aromatic heterocycles. The SMILES string of the molecule is COc1ccccc1COc1cccc(NC(=O)C2NNC3CCNCC32)c1C.Cl. The molecule has 4 N–H and O–H groups in total. The number of hydrogen-bond donors (Lipinski definition) is 4. The molecule has 8 heteroatoms. The molecule has 1 amide bonds. The van der Waals surface area contributed by atoms with E-state index in [4.69, 9.17) is 9.47 Å². The van der Waals surface area contributed by atoms with Crippen molar-refractivity contribution in [1.82, 2.24) is 16.2 Å². The Morgan fingerprint density at radius 2 is 1.93 bits per heavy atom. The molecule has 0 spiro atoms. The Morgan fingerprint density at radius 3 is 2.77 bits per heavy atom. The predicted octanol–water partition coefficient (Wildman–Crippen LogP) is 2.40. The van der Waals surface area contributed by atoms with Crippen molar-refractivity contribution in [3.8, 4) is 11.5 Å². The third-order valence-corrected chi connectivity index (χ3v) is 5.78. The largest absolute Gasteiger partial charge is 0.496 e. The van der Waals surface area contributed by atoms with Crippen LogP contribution in [0.1, 0.15) is 17.5 Å². The second kappa shape index (κ2) is 10.1. The van der Waals surface area contributed by atoms with Gasteiger partial charge in [-0.25, -0.2) is 5.43 Å². The summed E-state index contributed by atoms with van der Waals surface area (Å²) >= 11 is 0. The van der Waals surface area contributed by atoms with Crippen molar-refractivity contribution in [2.75, 3.05) is 25.5 Å². The lowest BCUT2D eigenvalue weighted by atomic mass is 9.89. The smallest absolute Gasteiger partial charge is 0.243 e. The van der Waals surface area contributed by atoms with Gasteiger partial charge in [0.15, 0.2) is 0 Å². The number of amides is 1. The van der Waals surface area contributed by atoms with Crippen molar-refractivity contribution in [2.45, 2.75) is 32.0 Å². The average Bonchev–Trinajstić information content (AvgIpc) is 3.19. The van der Waals surface area contributed by atoms with Gasteiger partial charge in [-0.15, -0.1) is 12.4 Å². The molecular weight excluding hydrogens is 404 g/mol. The Morgan fingerprint density at radius 1 is 1.13 bits per heavy atom. The third-order valence-electron chi connectivity index (χ3n) is 5.78. The fourth-order valence-electron chi connectivity index (χ4n) is 4.07. The van der Waals surface area contributed by atoms with Crippen LogP contribution in [0, 0.1) is 12.8 Å². The third kappa shape index (κ3) is 4.70. The Bertz CT molecular complexity index is 879. The molecule has 3 unspecified atom stereocenters. The Labute approximate surface area is 183 Å². The van der Waals surface area contributed by atoms with Gasteiger partial charge in [0.1, 0.15) is 24.1 Å². The van der Waals surface area contributed by atoms with Gasteiger partial charge in [0.25, 0.3) is 0 Å². The van der Waals surface area contributed by atoms with Crippen molar-refractivity contribution in [3.05, 3.63) is 53.6 Å². The molecule has 2 aromatic rings. The molecule has 4 rings (SSSR count). The highest BCUT2D eigenvalue weighted by Crippen LogP contribution is 2.28. The van der Waals surface area contributed by atoms with Gasteiger partial charge in [-0.05, 0) is 38.1 Å². The van der Waals surface area contributed by atoms with Crippen LogP contribution in [0.4, 0.5) is 5.69 Å². The van der Waals surface area contributed by atoms with E-state index in [1.54, 1.807) is 7.11 Å². The second-order valence-electron chi connectivity index (χ2n) is 7.55. The normalized spacial score (nSPS) is 22.5. The number of carbonyl (C=O) groups is 1. The molecule has 162 valence electrons. The number of methoxy groups -OCH3 is 1.